The molecule has 4 nitrogen and oxygen atoms in total. The number of ether oxygens (including phenoxy) is 1. The number of rotatable bonds is 4. The van der Waals surface area contributed by atoms with Gasteiger partial charge in [-0.25, -0.2) is 9.97 Å². The second-order valence-electron chi connectivity index (χ2n) is 3.62. The van der Waals surface area contributed by atoms with Crippen LogP contribution in [-0.2, 0) is 11.3 Å². The predicted octanol–water partition coefficient (Wildman–Crippen LogP) is 1.39. The Morgan fingerprint density at radius 1 is 1.62 bits per heavy atom. The van der Waals surface area contributed by atoms with Crippen LogP contribution < -0.4 is 5.32 Å². The first-order chi connectivity index (χ1) is 7.90. The van der Waals surface area contributed by atoms with E-state index in [1.54, 1.807) is 0 Å². The highest BCUT2D eigenvalue weighted by Gasteiger charge is 2.19. The Hall–Kier alpha value is -0.650. The molecule has 88 valence electrons. The van der Waals surface area contributed by atoms with Crippen molar-refractivity contribution in [3.63, 3.8) is 0 Å². The van der Waals surface area contributed by atoms with Crippen LogP contribution in [0, 0.1) is 0 Å². The summed E-state index contributed by atoms with van der Waals surface area (Å²) in [5.74, 6) is 2.86. The van der Waals surface area contributed by atoms with Crippen molar-refractivity contribution in [1.29, 1.82) is 0 Å². The van der Waals surface area contributed by atoms with Gasteiger partial charge in [-0.3, -0.25) is 0 Å². The van der Waals surface area contributed by atoms with Crippen LogP contribution in [0.4, 0.5) is 0 Å². The van der Waals surface area contributed by atoms with Crippen molar-refractivity contribution in [3.8, 4) is 0 Å². The highest BCUT2D eigenvalue weighted by atomic mass is 32.2. The van der Waals surface area contributed by atoms with E-state index in [0.29, 0.717) is 0 Å². The van der Waals surface area contributed by atoms with Gasteiger partial charge in [0.1, 0.15) is 6.10 Å². The van der Waals surface area contributed by atoms with Crippen LogP contribution in [0.2, 0.25) is 0 Å². The van der Waals surface area contributed by atoms with Crippen molar-refractivity contribution >= 4 is 11.8 Å². The molecule has 0 aromatic carbocycles. The molecule has 0 radical (unpaired) electrons. The molecular weight excluding hydrogens is 222 g/mol. The molecule has 0 aliphatic carbocycles. The van der Waals surface area contributed by atoms with Crippen LogP contribution in [0.25, 0.3) is 0 Å². The maximum absolute atomic E-state index is 5.66. The molecule has 1 aromatic rings. The smallest absolute Gasteiger partial charge is 0.158 e. The van der Waals surface area contributed by atoms with E-state index in [4.69, 9.17) is 4.74 Å². The molecule has 1 fully saturated rings. The summed E-state index contributed by atoms with van der Waals surface area (Å²) in [5, 5.41) is 3.26. The number of thioether (sulfide) groups is 1. The van der Waals surface area contributed by atoms with E-state index in [1.165, 1.54) is 0 Å². The van der Waals surface area contributed by atoms with E-state index < -0.39 is 0 Å². The molecule has 1 atom stereocenters. The molecule has 1 aliphatic rings. The molecule has 1 aliphatic heterocycles. The second-order valence-corrected chi connectivity index (χ2v) is 4.77. The summed E-state index contributed by atoms with van der Waals surface area (Å²) in [6.07, 6.45) is 1.89. The lowest BCUT2D eigenvalue weighted by molar-refractivity contribution is 0.0692. The maximum Gasteiger partial charge on any atom is 0.158 e. The van der Waals surface area contributed by atoms with E-state index in [0.717, 1.165) is 42.7 Å². The topological polar surface area (TPSA) is 47.0 Å². The minimum atomic E-state index is 0.0697. The van der Waals surface area contributed by atoms with Gasteiger partial charge in [-0.15, -0.1) is 0 Å². The van der Waals surface area contributed by atoms with Gasteiger partial charge in [0.2, 0.25) is 0 Å². The van der Waals surface area contributed by atoms with Crippen LogP contribution in [0.1, 0.15) is 24.5 Å². The minimum absolute atomic E-state index is 0.0697. The first-order valence-corrected chi connectivity index (χ1v) is 6.77. The fourth-order valence-electron chi connectivity index (χ4n) is 1.56. The van der Waals surface area contributed by atoms with Gasteiger partial charge in [0.25, 0.3) is 0 Å². The largest absolute Gasteiger partial charge is 0.368 e. The van der Waals surface area contributed by atoms with E-state index in [1.807, 2.05) is 24.0 Å². The lowest BCUT2D eigenvalue weighted by Crippen LogP contribution is -2.20. The van der Waals surface area contributed by atoms with Crippen molar-refractivity contribution in [2.45, 2.75) is 19.6 Å². The summed E-state index contributed by atoms with van der Waals surface area (Å²) in [7, 11) is 0. The summed E-state index contributed by atoms with van der Waals surface area (Å²) in [5.41, 5.74) is 1.03. The van der Waals surface area contributed by atoms with E-state index in [9.17, 15) is 0 Å². The van der Waals surface area contributed by atoms with E-state index >= 15 is 0 Å². The molecule has 0 spiro atoms. The fourth-order valence-corrected chi connectivity index (χ4v) is 2.40. The van der Waals surface area contributed by atoms with Gasteiger partial charge in [-0.05, 0) is 12.6 Å². The summed E-state index contributed by atoms with van der Waals surface area (Å²) >= 11 is 1.90. The SMILES string of the molecule is CCNCc1ccnc(C2CSCCO2)n1. The lowest BCUT2D eigenvalue weighted by atomic mass is 10.3. The molecule has 0 saturated carbocycles. The zero-order valence-electron chi connectivity index (χ0n) is 9.48. The Morgan fingerprint density at radius 3 is 3.31 bits per heavy atom. The molecule has 0 amide bonds. The Labute approximate surface area is 100 Å². The molecule has 1 unspecified atom stereocenters. The summed E-state index contributed by atoms with van der Waals surface area (Å²) < 4.78 is 5.66. The molecule has 1 N–H and O–H groups in total. The summed E-state index contributed by atoms with van der Waals surface area (Å²) in [6, 6.07) is 1.95. The van der Waals surface area contributed by atoms with Gasteiger partial charge in [0, 0.05) is 24.2 Å². The first kappa shape index (κ1) is 11.8. The second kappa shape index (κ2) is 6.18. The molecule has 0 bridgehead atoms. The van der Waals surface area contributed by atoms with Crippen LogP contribution in [0.3, 0.4) is 0 Å². The zero-order chi connectivity index (χ0) is 11.2. The van der Waals surface area contributed by atoms with Gasteiger partial charge in [-0.2, -0.15) is 11.8 Å². The van der Waals surface area contributed by atoms with Crippen molar-refractivity contribution in [2.24, 2.45) is 0 Å². The van der Waals surface area contributed by atoms with Crippen LogP contribution >= 0.6 is 11.8 Å². The van der Waals surface area contributed by atoms with Gasteiger partial charge >= 0.3 is 0 Å². The van der Waals surface area contributed by atoms with Crippen molar-refractivity contribution in [1.82, 2.24) is 15.3 Å². The quantitative estimate of drug-likeness (QED) is 0.860. The van der Waals surface area contributed by atoms with Gasteiger partial charge < -0.3 is 10.1 Å². The zero-order valence-corrected chi connectivity index (χ0v) is 10.3. The van der Waals surface area contributed by atoms with Crippen molar-refractivity contribution in [2.75, 3.05) is 24.7 Å². The third-order valence-electron chi connectivity index (χ3n) is 2.39. The Kier molecular flexibility index (Phi) is 4.56. The molecular formula is C11H17N3OS. The average Bonchev–Trinajstić information content (AvgIpc) is 2.38. The van der Waals surface area contributed by atoms with Crippen LogP contribution in [0.5, 0.6) is 0 Å². The van der Waals surface area contributed by atoms with E-state index in [2.05, 4.69) is 22.2 Å². The van der Waals surface area contributed by atoms with Gasteiger partial charge in [0.05, 0.1) is 12.3 Å². The van der Waals surface area contributed by atoms with Gasteiger partial charge in [-0.1, -0.05) is 6.92 Å². The number of hydrogen-bond acceptors (Lipinski definition) is 5. The van der Waals surface area contributed by atoms with Crippen LogP contribution in [0.15, 0.2) is 12.3 Å². The number of hydrogen-bond donors (Lipinski definition) is 1. The summed E-state index contributed by atoms with van der Waals surface area (Å²) in [4.78, 5) is 8.82. The van der Waals surface area contributed by atoms with Crippen molar-refractivity contribution < 1.29 is 4.74 Å². The molecule has 2 rings (SSSR count). The monoisotopic (exact) mass is 239 g/mol. The highest BCUT2D eigenvalue weighted by Crippen LogP contribution is 2.23. The van der Waals surface area contributed by atoms with Crippen molar-refractivity contribution in [3.05, 3.63) is 23.8 Å². The minimum Gasteiger partial charge on any atom is -0.368 e. The number of nitrogens with one attached hydrogen (secondary N) is 1. The Balaban J connectivity index is 2.02. The molecule has 5 heteroatoms. The number of aromatic nitrogens is 2. The summed E-state index contributed by atoms with van der Waals surface area (Å²) in [6.45, 7) is 4.64. The Morgan fingerprint density at radius 2 is 2.56 bits per heavy atom. The predicted molar refractivity (Wildman–Crippen MR) is 65.4 cm³/mol. The standard InChI is InChI=1S/C11H17N3OS/c1-2-12-7-9-3-4-13-11(14-9)10-8-16-6-5-15-10/h3-4,10,12H,2,5-8H2,1H3. The molecule has 1 saturated heterocycles. The third kappa shape index (κ3) is 3.17. The lowest BCUT2D eigenvalue weighted by Gasteiger charge is -2.21. The molecule has 2 heterocycles. The first-order valence-electron chi connectivity index (χ1n) is 5.62. The fraction of sp³-hybridized carbons (Fsp3) is 0.636. The molecule has 16 heavy (non-hydrogen) atoms. The van der Waals surface area contributed by atoms with Gasteiger partial charge in [0.15, 0.2) is 5.82 Å². The van der Waals surface area contributed by atoms with E-state index in [-0.39, 0.29) is 6.10 Å². The maximum atomic E-state index is 5.66. The normalized spacial score (nSPS) is 20.9. The number of nitrogens with zero attached hydrogens (tertiary/aromatic N) is 2. The molecule has 1 aromatic heterocycles. The average molecular weight is 239 g/mol. The third-order valence-corrected chi connectivity index (χ3v) is 3.39. The Bertz CT molecular complexity index is 329. The highest BCUT2D eigenvalue weighted by molar-refractivity contribution is 7.99. The van der Waals surface area contributed by atoms with Crippen LogP contribution in [-0.4, -0.2) is 34.6 Å².